The highest BCUT2D eigenvalue weighted by Gasteiger charge is 2.32. The fourth-order valence-electron chi connectivity index (χ4n) is 2.18. The third kappa shape index (κ3) is 2.71. The minimum Gasteiger partial charge on any atom is -0.354 e. The number of carbonyl (C=O) groups is 2. The predicted molar refractivity (Wildman–Crippen MR) is 73.2 cm³/mol. The van der Waals surface area contributed by atoms with Crippen LogP contribution in [0.2, 0.25) is 0 Å². The zero-order chi connectivity index (χ0) is 14.7. The highest BCUT2D eigenvalue weighted by molar-refractivity contribution is 6.01. The second kappa shape index (κ2) is 5.85. The highest BCUT2D eigenvalue weighted by Crippen LogP contribution is 2.14. The molecular weight excluding hydrogens is 260 g/mol. The number of imide groups is 1. The van der Waals surface area contributed by atoms with Crippen LogP contribution in [0.25, 0.3) is 0 Å². The van der Waals surface area contributed by atoms with Crippen molar-refractivity contribution in [3.63, 3.8) is 0 Å². The summed E-state index contributed by atoms with van der Waals surface area (Å²) in [7, 11) is 1.45. The van der Waals surface area contributed by atoms with Gasteiger partial charge in [-0.25, -0.2) is 4.98 Å². The second-order valence-corrected chi connectivity index (χ2v) is 4.80. The van der Waals surface area contributed by atoms with Crippen molar-refractivity contribution in [2.45, 2.75) is 38.8 Å². The van der Waals surface area contributed by atoms with Crippen LogP contribution < -0.4 is 10.9 Å². The maximum atomic E-state index is 12.1. The lowest BCUT2D eigenvalue weighted by Crippen LogP contribution is -2.49. The van der Waals surface area contributed by atoms with Crippen LogP contribution in [0.1, 0.15) is 26.2 Å². The molecule has 2 amide bonds. The van der Waals surface area contributed by atoms with Gasteiger partial charge in [0.2, 0.25) is 5.91 Å². The molecule has 1 aromatic heterocycles. The summed E-state index contributed by atoms with van der Waals surface area (Å²) in [6, 6.07) is -0.574. The summed E-state index contributed by atoms with van der Waals surface area (Å²) in [6.07, 6.45) is 4.65. The van der Waals surface area contributed by atoms with Crippen LogP contribution in [0.15, 0.2) is 17.2 Å². The Labute approximate surface area is 116 Å². The van der Waals surface area contributed by atoms with Crippen molar-refractivity contribution in [2.75, 3.05) is 12.4 Å². The number of hydrogen-bond donors (Lipinski definition) is 1. The molecule has 2 heterocycles. The number of piperidine rings is 1. The topological polar surface area (TPSA) is 84.3 Å². The largest absolute Gasteiger partial charge is 0.354 e. The third-order valence-corrected chi connectivity index (χ3v) is 3.34. The second-order valence-electron chi connectivity index (χ2n) is 4.80. The monoisotopic (exact) mass is 278 g/mol. The fraction of sp³-hybridized carbons (Fsp3) is 0.538. The average Bonchev–Trinajstić information content (AvgIpc) is 2.44. The molecule has 1 N–H and O–H groups in total. The summed E-state index contributed by atoms with van der Waals surface area (Å²) in [5.74, 6) is -0.368. The summed E-state index contributed by atoms with van der Waals surface area (Å²) in [4.78, 5) is 40.6. The van der Waals surface area contributed by atoms with E-state index in [0.29, 0.717) is 13.0 Å². The first-order valence-corrected chi connectivity index (χ1v) is 6.67. The van der Waals surface area contributed by atoms with Crippen molar-refractivity contribution < 1.29 is 9.59 Å². The lowest BCUT2D eigenvalue weighted by Gasteiger charge is -2.28. The number of aromatic nitrogens is 2. The number of rotatable bonds is 4. The Kier molecular flexibility index (Phi) is 4.16. The van der Waals surface area contributed by atoms with Gasteiger partial charge in [-0.15, -0.1) is 0 Å². The molecule has 108 valence electrons. The van der Waals surface area contributed by atoms with Crippen molar-refractivity contribution in [3.05, 3.63) is 22.7 Å². The predicted octanol–water partition coefficient (Wildman–Crippen LogP) is 0.213. The van der Waals surface area contributed by atoms with Gasteiger partial charge in [0.1, 0.15) is 6.04 Å². The quantitative estimate of drug-likeness (QED) is 0.796. The molecule has 0 aromatic carbocycles. The molecule has 7 heteroatoms. The number of hydrogen-bond acceptors (Lipinski definition) is 5. The molecule has 7 nitrogen and oxygen atoms in total. The van der Waals surface area contributed by atoms with Crippen molar-refractivity contribution in [1.82, 2.24) is 14.5 Å². The normalized spacial score (nSPS) is 19.3. The van der Waals surface area contributed by atoms with Gasteiger partial charge >= 0.3 is 0 Å². The van der Waals surface area contributed by atoms with E-state index in [9.17, 15) is 14.4 Å². The average molecular weight is 278 g/mol. The van der Waals surface area contributed by atoms with Gasteiger partial charge in [0, 0.05) is 32.4 Å². The molecule has 0 saturated carbocycles. The molecule has 1 atom stereocenters. The minimum atomic E-state index is -0.574. The number of aryl methyl sites for hydroxylation is 1. The number of carbonyl (C=O) groups excluding carboxylic acids is 2. The Bertz CT molecular complexity index is 581. The third-order valence-electron chi connectivity index (χ3n) is 3.34. The summed E-state index contributed by atoms with van der Waals surface area (Å²) in [5, 5.41) is 2.86. The van der Waals surface area contributed by atoms with Gasteiger partial charge in [-0.2, -0.15) is 0 Å². The minimum absolute atomic E-state index is 0.155. The zero-order valence-electron chi connectivity index (χ0n) is 11.6. The molecule has 0 bridgehead atoms. The van der Waals surface area contributed by atoms with Gasteiger partial charge in [0.15, 0.2) is 5.82 Å². The van der Waals surface area contributed by atoms with Gasteiger partial charge in [0.25, 0.3) is 11.5 Å². The Morgan fingerprint density at radius 2 is 2.15 bits per heavy atom. The molecule has 20 heavy (non-hydrogen) atoms. The number of likely N-dealkylation sites (N-methyl/N-ethyl adjacent to an activating group) is 1. The molecule has 0 aliphatic carbocycles. The maximum absolute atomic E-state index is 12.1. The standard InChI is InChI=1S/C13H18N4O3/c1-3-7-17-8-6-14-11(13(17)20)15-9-4-5-10(18)16(2)12(9)19/h6,8-9H,3-5,7H2,1-2H3,(H,14,15). The maximum Gasteiger partial charge on any atom is 0.293 e. The lowest BCUT2D eigenvalue weighted by atomic mass is 10.0. The summed E-state index contributed by atoms with van der Waals surface area (Å²) in [6.45, 7) is 2.58. The van der Waals surface area contributed by atoms with E-state index in [1.165, 1.54) is 13.2 Å². The Morgan fingerprint density at radius 1 is 1.40 bits per heavy atom. The Hall–Kier alpha value is -2.18. The van der Waals surface area contributed by atoms with Crippen molar-refractivity contribution in [2.24, 2.45) is 0 Å². The van der Waals surface area contributed by atoms with E-state index in [2.05, 4.69) is 10.3 Å². The zero-order valence-corrected chi connectivity index (χ0v) is 11.6. The van der Waals surface area contributed by atoms with Crippen LogP contribution in [0.4, 0.5) is 5.82 Å². The highest BCUT2D eigenvalue weighted by atomic mass is 16.2. The molecule has 2 rings (SSSR count). The van der Waals surface area contributed by atoms with Crippen LogP contribution in [0.3, 0.4) is 0 Å². The van der Waals surface area contributed by atoms with E-state index < -0.39 is 6.04 Å². The number of likely N-dealkylation sites (tertiary alicyclic amines) is 1. The van der Waals surface area contributed by atoms with Crippen LogP contribution in [-0.4, -0.2) is 39.4 Å². The van der Waals surface area contributed by atoms with Gasteiger partial charge in [-0.1, -0.05) is 6.92 Å². The molecule has 1 fully saturated rings. The number of nitrogens with zero attached hydrogens (tertiary/aromatic N) is 3. The molecule has 0 spiro atoms. The molecule has 1 saturated heterocycles. The van der Waals surface area contributed by atoms with E-state index in [-0.39, 0.29) is 29.6 Å². The summed E-state index contributed by atoms with van der Waals surface area (Å²) >= 11 is 0. The van der Waals surface area contributed by atoms with Crippen LogP contribution in [0.5, 0.6) is 0 Å². The first-order valence-electron chi connectivity index (χ1n) is 6.67. The Morgan fingerprint density at radius 3 is 2.85 bits per heavy atom. The van der Waals surface area contributed by atoms with Gasteiger partial charge in [0.05, 0.1) is 0 Å². The number of nitrogens with one attached hydrogen (secondary N) is 1. The van der Waals surface area contributed by atoms with Crippen LogP contribution >= 0.6 is 0 Å². The Balaban J connectivity index is 2.18. The smallest absolute Gasteiger partial charge is 0.293 e. The van der Waals surface area contributed by atoms with Gasteiger partial charge < -0.3 is 9.88 Å². The van der Waals surface area contributed by atoms with E-state index in [0.717, 1.165) is 11.3 Å². The van der Waals surface area contributed by atoms with Crippen LogP contribution in [-0.2, 0) is 16.1 Å². The molecule has 1 unspecified atom stereocenters. The fourth-order valence-corrected chi connectivity index (χ4v) is 2.18. The molecule has 1 aromatic rings. The van der Waals surface area contributed by atoms with E-state index in [1.807, 2.05) is 6.92 Å². The summed E-state index contributed by atoms with van der Waals surface area (Å²) in [5.41, 5.74) is -0.248. The number of amides is 2. The van der Waals surface area contributed by atoms with E-state index in [4.69, 9.17) is 0 Å². The molecule has 1 aliphatic heterocycles. The van der Waals surface area contributed by atoms with Crippen molar-refractivity contribution in [1.29, 1.82) is 0 Å². The van der Waals surface area contributed by atoms with Crippen LogP contribution in [0, 0.1) is 0 Å². The first kappa shape index (κ1) is 14.2. The van der Waals surface area contributed by atoms with Crippen molar-refractivity contribution >= 4 is 17.6 Å². The van der Waals surface area contributed by atoms with Crippen molar-refractivity contribution in [3.8, 4) is 0 Å². The van der Waals surface area contributed by atoms with Gasteiger partial charge in [-0.05, 0) is 12.8 Å². The van der Waals surface area contributed by atoms with Gasteiger partial charge in [-0.3, -0.25) is 19.3 Å². The molecular formula is C13H18N4O3. The lowest BCUT2D eigenvalue weighted by molar-refractivity contribution is -0.146. The number of anilines is 1. The van der Waals surface area contributed by atoms with E-state index in [1.54, 1.807) is 10.8 Å². The SMILES string of the molecule is CCCn1ccnc(NC2CCC(=O)N(C)C2=O)c1=O. The summed E-state index contributed by atoms with van der Waals surface area (Å²) < 4.78 is 1.55. The molecule has 1 aliphatic rings. The molecule has 0 radical (unpaired) electrons. The first-order chi connectivity index (χ1) is 9.54. The van der Waals surface area contributed by atoms with E-state index >= 15 is 0 Å².